The summed E-state index contributed by atoms with van der Waals surface area (Å²) in [6.07, 6.45) is -11.3. The SMILES string of the molecule is CCCC1CC(CC(=O)O)CCN1Cc1cc(C(F)(F)F)ccc1C(F)(F)F.FC(F)(F)c1ccccc1. The van der Waals surface area contributed by atoms with E-state index < -0.39 is 46.8 Å². The number of likely N-dealkylation sites (tertiary alicyclic amines) is 1. The molecule has 12 heteroatoms. The molecular formula is C26H28F9NO2. The summed E-state index contributed by atoms with van der Waals surface area (Å²) in [6.45, 7) is 2.02. The molecule has 0 saturated carbocycles. The molecule has 1 saturated heterocycles. The van der Waals surface area contributed by atoms with E-state index in [9.17, 15) is 44.3 Å². The minimum absolute atomic E-state index is 0.00852. The minimum Gasteiger partial charge on any atom is -0.481 e. The van der Waals surface area contributed by atoms with Gasteiger partial charge in [-0.1, -0.05) is 43.7 Å². The summed E-state index contributed by atoms with van der Waals surface area (Å²) in [5.74, 6) is -1.00. The molecule has 2 unspecified atom stereocenters. The zero-order chi connectivity index (χ0) is 28.7. The van der Waals surface area contributed by atoms with Gasteiger partial charge in [-0.3, -0.25) is 9.69 Å². The number of hydrogen-bond donors (Lipinski definition) is 1. The standard InChI is InChI=1S/C19H23F6NO2.C7H5F3/c1-2-3-15-8-12(9-17(27)28)6-7-26(15)11-13-10-14(18(20,21)22)4-5-16(13)19(23,24)25;8-7(9,10)6-4-2-1-3-5-6/h4-5,10,12,15H,2-3,6-9,11H2,1H3,(H,27,28);1-5H. The zero-order valence-corrected chi connectivity index (χ0v) is 20.4. The number of carboxylic acid groups (broad SMARTS) is 1. The van der Waals surface area contributed by atoms with E-state index in [4.69, 9.17) is 5.11 Å². The van der Waals surface area contributed by atoms with Gasteiger partial charge in [-0.05, 0) is 55.5 Å². The number of rotatable bonds is 6. The van der Waals surface area contributed by atoms with Gasteiger partial charge in [0.15, 0.2) is 0 Å². The van der Waals surface area contributed by atoms with Gasteiger partial charge in [-0.25, -0.2) is 0 Å². The fraction of sp³-hybridized carbons (Fsp3) is 0.500. The molecule has 0 aromatic heterocycles. The van der Waals surface area contributed by atoms with Gasteiger partial charge in [0.25, 0.3) is 0 Å². The van der Waals surface area contributed by atoms with Gasteiger partial charge >= 0.3 is 24.5 Å². The summed E-state index contributed by atoms with van der Waals surface area (Å²) in [5.41, 5.74) is -3.18. The molecular weight excluding hydrogens is 529 g/mol. The van der Waals surface area contributed by atoms with E-state index >= 15 is 0 Å². The second kappa shape index (κ2) is 12.9. The van der Waals surface area contributed by atoms with Gasteiger partial charge in [0.1, 0.15) is 0 Å². The molecule has 0 aliphatic carbocycles. The Morgan fingerprint density at radius 2 is 1.50 bits per heavy atom. The Bertz CT molecular complexity index is 1030. The summed E-state index contributed by atoms with van der Waals surface area (Å²) in [6, 6.07) is 7.73. The number of aliphatic carboxylic acids is 1. The molecule has 3 nitrogen and oxygen atoms in total. The van der Waals surface area contributed by atoms with Crippen LogP contribution in [0.15, 0.2) is 48.5 Å². The summed E-state index contributed by atoms with van der Waals surface area (Å²) in [5, 5.41) is 8.97. The molecule has 0 spiro atoms. The van der Waals surface area contributed by atoms with Crippen molar-refractivity contribution in [3.63, 3.8) is 0 Å². The number of carboxylic acids is 1. The molecule has 1 N–H and O–H groups in total. The Balaban J connectivity index is 0.000000423. The Morgan fingerprint density at radius 3 is 1.97 bits per heavy atom. The summed E-state index contributed by atoms with van der Waals surface area (Å²) < 4.78 is 114. The van der Waals surface area contributed by atoms with Crippen molar-refractivity contribution in [1.29, 1.82) is 0 Å². The number of benzene rings is 2. The largest absolute Gasteiger partial charge is 0.481 e. The van der Waals surface area contributed by atoms with Crippen LogP contribution in [0.5, 0.6) is 0 Å². The fourth-order valence-electron chi connectivity index (χ4n) is 4.48. The van der Waals surface area contributed by atoms with Crippen LogP contribution in [-0.2, 0) is 29.9 Å². The van der Waals surface area contributed by atoms with E-state index in [2.05, 4.69) is 0 Å². The van der Waals surface area contributed by atoms with Gasteiger partial charge in [0.2, 0.25) is 0 Å². The van der Waals surface area contributed by atoms with Crippen molar-refractivity contribution in [2.24, 2.45) is 5.92 Å². The molecule has 38 heavy (non-hydrogen) atoms. The number of hydrogen-bond acceptors (Lipinski definition) is 2. The molecule has 2 aromatic carbocycles. The van der Waals surface area contributed by atoms with Gasteiger partial charge in [-0.15, -0.1) is 0 Å². The molecule has 1 aliphatic rings. The smallest absolute Gasteiger partial charge is 0.416 e. The highest BCUT2D eigenvalue weighted by Crippen LogP contribution is 2.38. The first kappa shape index (κ1) is 31.5. The first-order chi connectivity index (χ1) is 17.5. The third-order valence-electron chi connectivity index (χ3n) is 6.24. The number of carbonyl (C=O) groups is 1. The fourth-order valence-corrected chi connectivity index (χ4v) is 4.48. The van der Waals surface area contributed by atoms with E-state index in [1.807, 2.05) is 6.92 Å². The van der Waals surface area contributed by atoms with Crippen LogP contribution in [-0.4, -0.2) is 28.6 Å². The van der Waals surface area contributed by atoms with Crippen molar-refractivity contribution in [2.45, 2.75) is 70.1 Å². The summed E-state index contributed by atoms with van der Waals surface area (Å²) >= 11 is 0. The van der Waals surface area contributed by atoms with E-state index in [0.717, 1.165) is 18.6 Å². The van der Waals surface area contributed by atoms with Crippen molar-refractivity contribution < 1.29 is 49.4 Å². The van der Waals surface area contributed by atoms with Crippen LogP contribution in [0.1, 0.15) is 61.3 Å². The van der Waals surface area contributed by atoms with Crippen LogP contribution in [0.3, 0.4) is 0 Å². The van der Waals surface area contributed by atoms with Crippen molar-refractivity contribution >= 4 is 5.97 Å². The molecule has 1 fully saturated rings. The Kier molecular flexibility index (Phi) is 10.6. The monoisotopic (exact) mass is 557 g/mol. The Morgan fingerprint density at radius 1 is 0.895 bits per heavy atom. The molecule has 1 heterocycles. The second-order valence-electron chi connectivity index (χ2n) is 9.13. The third kappa shape index (κ3) is 9.52. The predicted octanol–water partition coefficient (Wildman–Crippen LogP) is 8.29. The van der Waals surface area contributed by atoms with E-state index in [0.29, 0.717) is 44.0 Å². The maximum atomic E-state index is 13.3. The lowest BCUT2D eigenvalue weighted by molar-refractivity contribution is -0.142. The summed E-state index contributed by atoms with van der Waals surface area (Å²) in [7, 11) is 0. The highest BCUT2D eigenvalue weighted by atomic mass is 19.4. The van der Waals surface area contributed by atoms with Crippen LogP contribution in [0.25, 0.3) is 0 Å². The molecule has 0 bridgehead atoms. The van der Waals surface area contributed by atoms with Crippen molar-refractivity contribution in [2.75, 3.05) is 6.54 Å². The Hall–Kier alpha value is -2.76. The normalized spacial score (nSPS) is 19.0. The average molecular weight is 557 g/mol. The van der Waals surface area contributed by atoms with Gasteiger partial charge < -0.3 is 5.11 Å². The molecule has 212 valence electrons. The maximum Gasteiger partial charge on any atom is 0.416 e. The first-order valence-corrected chi connectivity index (χ1v) is 11.9. The molecule has 3 rings (SSSR count). The van der Waals surface area contributed by atoms with E-state index in [-0.39, 0.29) is 24.9 Å². The lowest BCUT2D eigenvalue weighted by atomic mass is 9.86. The molecule has 1 aliphatic heterocycles. The van der Waals surface area contributed by atoms with E-state index in [1.54, 1.807) is 11.0 Å². The Labute approximate surface area is 214 Å². The lowest BCUT2D eigenvalue weighted by Gasteiger charge is -2.39. The van der Waals surface area contributed by atoms with Crippen LogP contribution in [0, 0.1) is 5.92 Å². The van der Waals surface area contributed by atoms with Crippen LogP contribution in [0.2, 0.25) is 0 Å². The minimum atomic E-state index is -4.75. The second-order valence-corrected chi connectivity index (χ2v) is 9.13. The molecule has 0 amide bonds. The van der Waals surface area contributed by atoms with Crippen LogP contribution >= 0.6 is 0 Å². The zero-order valence-electron chi connectivity index (χ0n) is 20.4. The number of nitrogens with zero attached hydrogens (tertiary/aromatic N) is 1. The molecule has 0 radical (unpaired) electrons. The average Bonchev–Trinajstić information content (AvgIpc) is 2.80. The lowest BCUT2D eigenvalue weighted by Crippen LogP contribution is -2.42. The predicted molar refractivity (Wildman–Crippen MR) is 122 cm³/mol. The highest BCUT2D eigenvalue weighted by molar-refractivity contribution is 5.67. The topological polar surface area (TPSA) is 40.5 Å². The van der Waals surface area contributed by atoms with Gasteiger partial charge in [-0.2, -0.15) is 39.5 Å². The molecule has 2 aromatic rings. The quantitative estimate of drug-likeness (QED) is 0.364. The first-order valence-electron chi connectivity index (χ1n) is 11.9. The van der Waals surface area contributed by atoms with E-state index in [1.165, 1.54) is 12.1 Å². The van der Waals surface area contributed by atoms with Crippen molar-refractivity contribution in [3.05, 3.63) is 70.8 Å². The van der Waals surface area contributed by atoms with Crippen LogP contribution in [0.4, 0.5) is 39.5 Å². The van der Waals surface area contributed by atoms with Gasteiger partial charge in [0.05, 0.1) is 16.7 Å². The number of halogens is 9. The number of piperidine rings is 1. The van der Waals surface area contributed by atoms with Crippen molar-refractivity contribution in [3.8, 4) is 0 Å². The van der Waals surface area contributed by atoms with Crippen molar-refractivity contribution in [1.82, 2.24) is 4.90 Å². The van der Waals surface area contributed by atoms with Crippen LogP contribution < -0.4 is 0 Å². The highest BCUT2D eigenvalue weighted by Gasteiger charge is 2.38. The maximum absolute atomic E-state index is 13.3. The molecule has 2 atom stereocenters. The third-order valence-corrected chi connectivity index (χ3v) is 6.24. The summed E-state index contributed by atoms with van der Waals surface area (Å²) in [4.78, 5) is 12.7. The van der Waals surface area contributed by atoms with Gasteiger partial charge in [0, 0.05) is 19.0 Å². The number of alkyl halides is 9.